The third kappa shape index (κ3) is 8.39. The van der Waals surface area contributed by atoms with Gasteiger partial charge >= 0.3 is 0 Å². The van der Waals surface area contributed by atoms with Crippen LogP contribution in [0.4, 0.5) is 0 Å². The molecule has 0 saturated carbocycles. The molecule has 0 aliphatic heterocycles. The van der Waals surface area contributed by atoms with E-state index >= 15 is 0 Å². The van der Waals surface area contributed by atoms with Crippen molar-refractivity contribution in [2.45, 2.75) is 0 Å². The fourth-order valence-electron chi connectivity index (χ4n) is 15.6. The Morgan fingerprint density at radius 1 is 0.188 bits per heavy atom. The highest BCUT2D eigenvalue weighted by molar-refractivity contribution is 6.17. The number of hydrogen-bond acceptors (Lipinski definition) is 2. The van der Waals surface area contributed by atoms with E-state index in [9.17, 15) is 0 Å². The van der Waals surface area contributed by atoms with Crippen LogP contribution in [-0.2, 0) is 0 Å². The molecule has 446 valence electrons. The average Bonchev–Trinajstić information content (AvgIpc) is 1.49. The third-order valence-corrected chi connectivity index (χ3v) is 19.9. The lowest BCUT2D eigenvalue weighted by Gasteiger charge is -2.18. The Morgan fingerprint density at radius 3 is 1.10 bits per heavy atom. The fraction of sp³-hybridized carbons (Fsp3) is 0. The standard InChI is InChI=1S/C90H56N6/c1-4-21-57(22-5-1)59-24-20-25-64(49-59)90-91-79-46-41-58-23-10-11-30-70(58)88(79)89(92-90)65-50-68(95-80-35-16-12-31-71(80)75-44-39-62(54-86(75)95)60-42-47-84-77(52-60)73-33-14-18-37-82(73)93(84)66-26-6-2-7-27-66)56-69(51-65)96-81-36-17-13-32-72(81)76-45-40-63(55-87(76)96)61-43-48-85-78(53-61)74-34-15-19-38-83(74)94(85)67-28-8-3-9-29-67/h1-56H. The van der Waals surface area contributed by atoms with Gasteiger partial charge in [-0.05, 0) is 159 Å². The molecule has 20 aromatic rings. The van der Waals surface area contributed by atoms with Gasteiger partial charge in [-0.3, -0.25) is 0 Å². The predicted octanol–water partition coefficient (Wildman–Crippen LogP) is 23.5. The zero-order valence-corrected chi connectivity index (χ0v) is 52.0. The summed E-state index contributed by atoms with van der Waals surface area (Å²) in [5.41, 5.74) is 23.9. The Kier molecular flexibility index (Phi) is 11.9. The van der Waals surface area contributed by atoms with Crippen LogP contribution in [0, 0.1) is 0 Å². The van der Waals surface area contributed by atoms with Crippen LogP contribution >= 0.6 is 0 Å². The molecule has 0 unspecified atom stereocenters. The smallest absolute Gasteiger partial charge is 0.160 e. The zero-order chi connectivity index (χ0) is 63.0. The molecule has 0 spiro atoms. The summed E-state index contributed by atoms with van der Waals surface area (Å²) in [7, 11) is 0. The topological polar surface area (TPSA) is 45.5 Å². The molecule has 0 N–H and O–H groups in total. The summed E-state index contributed by atoms with van der Waals surface area (Å²) in [5, 5.41) is 12.8. The lowest BCUT2D eigenvalue weighted by Crippen LogP contribution is -2.02. The number of rotatable bonds is 9. The number of nitrogens with zero attached hydrogens (tertiary/aromatic N) is 6. The van der Waals surface area contributed by atoms with Gasteiger partial charge < -0.3 is 18.3 Å². The van der Waals surface area contributed by atoms with Gasteiger partial charge in [0.05, 0.1) is 55.3 Å². The average molecular weight is 1220 g/mol. The maximum atomic E-state index is 5.83. The molecule has 15 aromatic carbocycles. The van der Waals surface area contributed by atoms with Gasteiger partial charge in [-0.25, -0.2) is 9.97 Å². The first kappa shape index (κ1) is 53.7. The number of fused-ring (bicyclic) bond motifs is 15. The lowest BCUT2D eigenvalue weighted by atomic mass is 9.98. The van der Waals surface area contributed by atoms with Gasteiger partial charge in [-0.2, -0.15) is 0 Å². The fourth-order valence-corrected chi connectivity index (χ4v) is 15.6. The molecule has 0 amide bonds. The van der Waals surface area contributed by atoms with Crippen molar-refractivity contribution in [2.75, 3.05) is 0 Å². The molecule has 0 fully saturated rings. The van der Waals surface area contributed by atoms with E-state index in [4.69, 9.17) is 9.97 Å². The Hall–Kier alpha value is -12.9. The van der Waals surface area contributed by atoms with Gasteiger partial charge in [0, 0.05) is 82.4 Å². The molecule has 0 aliphatic rings. The number of para-hydroxylation sites is 6. The monoisotopic (exact) mass is 1220 g/mol. The molecular weight excluding hydrogens is 1170 g/mol. The Balaban J connectivity index is 0.849. The zero-order valence-electron chi connectivity index (χ0n) is 52.0. The summed E-state index contributed by atoms with van der Waals surface area (Å²) in [6.07, 6.45) is 0. The molecule has 6 heteroatoms. The van der Waals surface area contributed by atoms with Gasteiger partial charge in [-0.1, -0.05) is 224 Å². The SMILES string of the molecule is c1ccc(-c2cccc(-c3nc(-c4cc(-n5c6ccccc6c6ccc(-c7ccc8c(c7)c7ccccc7n8-c7ccccc7)cc65)cc(-n5c6ccccc6c6ccc(-c7ccc8c(c7)c7ccccc7n8-c7ccccc7)cc65)c4)c4c(ccc5ccccc54)n3)c2)cc1. The second-order valence-electron chi connectivity index (χ2n) is 25.3. The quantitative estimate of drug-likeness (QED) is 0.135. The molecule has 0 aliphatic carbocycles. The minimum absolute atomic E-state index is 0.660. The first-order valence-corrected chi connectivity index (χ1v) is 32.9. The molecule has 96 heavy (non-hydrogen) atoms. The van der Waals surface area contributed by atoms with Crippen molar-refractivity contribution in [1.29, 1.82) is 0 Å². The van der Waals surface area contributed by atoms with E-state index in [0.29, 0.717) is 5.82 Å². The van der Waals surface area contributed by atoms with E-state index in [1.165, 1.54) is 65.2 Å². The van der Waals surface area contributed by atoms with Crippen molar-refractivity contribution < 1.29 is 0 Å². The summed E-state index contributed by atoms with van der Waals surface area (Å²) in [6.45, 7) is 0. The first-order valence-electron chi connectivity index (χ1n) is 32.9. The molecule has 20 rings (SSSR count). The minimum Gasteiger partial charge on any atom is -0.309 e. The summed E-state index contributed by atoms with van der Waals surface area (Å²) in [4.78, 5) is 11.3. The van der Waals surface area contributed by atoms with E-state index in [2.05, 4.69) is 358 Å². The molecular formula is C90H56N6. The third-order valence-electron chi connectivity index (χ3n) is 19.9. The summed E-state index contributed by atoms with van der Waals surface area (Å²) >= 11 is 0. The van der Waals surface area contributed by atoms with Crippen molar-refractivity contribution in [3.63, 3.8) is 0 Å². The van der Waals surface area contributed by atoms with Crippen LogP contribution in [0.1, 0.15) is 0 Å². The highest BCUT2D eigenvalue weighted by atomic mass is 15.0. The van der Waals surface area contributed by atoms with E-state index in [1.54, 1.807) is 0 Å². The van der Waals surface area contributed by atoms with Gasteiger partial charge in [0.15, 0.2) is 5.82 Å². The Bertz CT molecular complexity index is 6270. The molecule has 0 saturated heterocycles. The highest BCUT2D eigenvalue weighted by Crippen LogP contribution is 2.45. The van der Waals surface area contributed by atoms with Crippen LogP contribution in [0.25, 0.3) is 188 Å². The minimum atomic E-state index is 0.660. The normalized spacial score (nSPS) is 12.0. The molecule has 0 radical (unpaired) electrons. The van der Waals surface area contributed by atoms with Crippen molar-refractivity contribution >= 4 is 109 Å². The van der Waals surface area contributed by atoms with Crippen LogP contribution in [0.5, 0.6) is 0 Å². The van der Waals surface area contributed by atoms with Crippen LogP contribution in [-0.4, -0.2) is 28.2 Å². The van der Waals surface area contributed by atoms with Gasteiger partial charge in [-0.15, -0.1) is 0 Å². The largest absolute Gasteiger partial charge is 0.309 e. The number of benzene rings is 15. The van der Waals surface area contributed by atoms with Crippen molar-refractivity contribution in [3.8, 4) is 78.8 Å². The van der Waals surface area contributed by atoms with Gasteiger partial charge in [0.1, 0.15) is 0 Å². The first-order chi connectivity index (χ1) is 47.6. The molecule has 6 nitrogen and oxygen atoms in total. The van der Waals surface area contributed by atoms with Crippen LogP contribution in [0.2, 0.25) is 0 Å². The van der Waals surface area contributed by atoms with Crippen molar-refractivity contribution in [3.05, 3.63) is 340 Å². The van der Waals surface area contributed by atoms with Gasteiger partial charge in [0.2, 0.25) is 0 Å². The molecule has 5 aromatic heterocycles. The molecule has 0 atom stereocenters. The van der Waals surface area contributed by atoms with Crippen LogP contribution in [0.3, 0.4) is 0 Å². The van der Waals surface area contributed by atoms with E-state index in [1.807, 2.05) is 0 Å². The molecule has 5 heterocycles. The second kappa shape index (κ2) is 21.3. The van der Waals surface area contributed by atoms with Gasteiger partial charge in [0.25, 0.3) is 0 Å². The Labute approximate surface area is 552 Å². The maximum Gasteiger partial charge on any atom is 0.160 e. The highest BCUT2D eigenvalue weighted by Gasteiger charge is 2.24. The molecule has 0 bridgehead atoms. The summed E-state index contributed by atoms with van der Waals surface area (Å²) in [5.74, 6) is 0.660. The van der Waals surface area contributed by atoms with Crippen molar-refractivity contribution in [2.24, 2.45) is 0 Å². The predicted molar refractivity (Wildman–Crippen MR) is 402 cm³/mol. The maximum absolute atomic E-state index is 5.83. The van der Waals surface area contributed by atoms with E-state index < -0.39 is 0 Å². The summed E-state index contributed by atoms with van der Waals surface area (Å²) in [6, 6.07) is 124. The lowest BCUT2D eigenvalue weighted by molar-refractivity contribution is 1.13. The van der Waals surface area contributed by atoms with E-state index in [0.717, 1.165) is 117 Å². The Morgan fingerprint density at radius 2 is 0.573 bits per heavy atom. The van der Waals surface area contributed by atoms with Crippen LogP contribution < -0.4 is 0 Å². The summed E-state index contributed by atoms with van der Waals surface area (Å²) < 4.78 is 9.76. The number of aromatic nitrogens is 6. The van der Waals surface area contributed by atoms with Crippen LogP contribution in [0.15, 0.2) is 340 Å². The number of hydrogen-bond donors (Lipinski definition) is 0. The van der Waals surface area contributed by atoms with Crippen molar-refractivity contribution in [1.82, 2.24) is 28.2 Å². The van der Waals surface area contributed by atoms with E-state index in [-0.39, 0.29) is 0 Å². The second-order valence-corrected chi connectivity index (χ2v) is 25.3.